The van der Waals surface area contributed by atoms with Crippen molar-refractivity contribution in [3.63, 3.8) is 0 Å². The average molecular weight is 272 g/mol. The Labute approximate surface area is 118 Å². The molecule has 0 bridgehead atoms. The van der Waals surface area contributed by atoms with E-state index in [0.29, 0.717) is 19.0 Å². The molecule has 1 amide bonds. The minimum Gasteiger partial charge on any atom is -0.354 e. The third kappa shape index (κ3) is 7.50. The van der Waals surface area contributed by atoms with Gasteiger partial charge in [0.15, 0.2) is 0 Å². The zero-order valence-electron chi connectivity index (χ0n) is 13.4. The first kappa shape index (κ1) is 18.4. The Hall–Kier alpha value is -0.650. The zero-order valence-corrected chi connectivity index (χ0v) is 13.4. The molecule has 0 heterocycles. The van der Waals surface area contributed by atoms with Crippen LogP contribution in [0, 0.1) is 0 Å². The molecule has 2 atom stereocenters. The lowest BCUT2D eigenvalue weighted by atomic mass is 10.1. The minimum atomic E-state index is 0.0842. The van der Waals surface area contributed by atoms with Gasteiger partial charge in [0, 0.05) is 37.6 Å². The van der Waals surface area contributed by atoms with Gasteiger partial charge in [-0.1, -0.05) is 6.92 Å². The van der Waals surface area contributed by atoms with Crippen LogP contribution in [0.5, 0.6) is 0 Å². The summed E-state index contributed by atoms with van der Waals surface area (Å²) in [6.45, 7) is 10.6. The topological polar surface area (TPSA) is 61.6 Å². The summed E-state index contributed by atoms with van der Waals surface area (Å²) in [7, 11) is 4.13. The van der Waals surface area contributed by atoms with E-state index in [9.17, 15) is 4.79 Å². The van der Waals surface area contributed by atoms with Crippen molar-refractivity contribution in [1.29, 1.82) is 0 Å². The quantitative estimate of drug-likeness (QED) is 0.642. The second-order valence-electron chi connectivity index (χ2n) is 5.76. The maximum Gasteiger partial charge on any atom is 0.221 e. The molecule has 114 valence electrons. The van der Waals surface area contributed by atoms with Crippen LogP contribution in [0.1, 0.15) is 34.1 Å². The number of amides is 1. The fourth-order valence-corrected chi connectivity index (χ4v) is 2.49. The number of hydrogen-bond donors (Lipinski definition) is 2. The number of carbonyl (C=O) groups is 1. The van der Waals surface area contributed by atoms with Crippen LogP contribution in [0.3, 0.4) is 0 Å². The molecule has 3 N–H and O–H groups in total. The van der Waals surface area contributed by atoms with Crippen LogP contribution in [0.15, 0.2) is 0 Å². The molecule has 2 unspecified atom stereocenters. The van der Waals surface area contributed by atoms with Crippen LogP contribution in [0.4, 0.5) is 0 Å². The predicted octanol–water partition coefficient (Wildman–Crippen LogP) is 0.500. The van der Waals surface area contributed by atoms with E-state index in [2.05, 4.69) is 43.1 Å². The maximum atomic E-state index is 11.9. The minimum absolute atomic E-state index is 0.0842. The second-order valence-corrected chi connectivity index (χ2v) is 5.76. The first-order chi connectivity index (χ1) is 8.81. The van der Waals surface area contributed by atoms with Crippen LogP contribution < -0.4 is 11.1 Å². The Morgan fingerprint density at radius 3 is 2.21 bits per heavy atom. The van der Waals surface area contributed by atoms with Crippen molar-refractivity contribution >= 4 is 5.91 Å². The van der Waals surface area contributed by atoms with Crippen LogP contribution in [-0.4, -0.2) is 67.6 Å². The summed E-state index contributed by atoms with van der Waals surface area (Å²) in [5.41, 5.74) is 5.86. The lowest BCUT2D eigenvalue weighted by Crippen LogP contribution is -2.51. The highest BCUT2D eigenvalue weighted by atomic mass is 16.1. The molecule has 0 fully saturated rings. The van der Waals surface area contributed by atoms with Gasteiger partial charge in [-0.15, -0.1) is 0 Å². The van der Waals surface area contributed by atoms with Crippen LogP contribution in [0.25, 0.3) is 0 Å². The zero-order chi connectivity index (χ0) is 15.0. The van der Waals surface area contributed by atoms with Crippen molar-refractivity contribution in [1.82, 2.24) is 15.1 Å². The molecule has 19 heavy (non-hydrogen) atoms. The summed E-state index contributed by atoms with van der Waals surface area (Å²) in [5.74, 6) is 0.0842. The van der Waals surface area contributed by atoms with Crippen molar-refractivity contribution in [2.75, 3.05) is 33.7 Å². The van der Waals surface area contributed by atoms with E-state index < -0.39 is 0 Å². The van der Waals surface area contributed by atoms with Gasteiger partial charge in [-0.3, -0.25) is 9.69 Å². The van der Waals surface area contributed by atoms with Gasteiger partial charge in [-0.25, -0.2) is 0 Å². The van der Waals surface area contributed by atoms with Gasteiger partial charge in [-0.05, 0) is 41.4 Å². The smallest absolute Gasteiger partial charge is 0.221 e. The van der Waals surface area contributed by atoms with E-state index in [1.54, 1.807) is 0 Å². The third-order valence-electron chi connectivity index (χ3n) is 3.17. The Morgan fingerprint density at radius 1 is 1.26 bits per heavy atom. The van der Waals surface area contributed by atoms with Gasteiger partial charge in [0.2, 0.25) is 5.91 Å². The molecule has 0 aliphatic carbocycles. The summed E-state index contributed by atoms with van der Waals surface area (Å²) in [6, 6.07) is 0.680. The highest BCUT2D eigenvalue weighted by Gasteiger charge is 2.23. The van der Waals surface area contributed by atoms with E-state index in [-0.39, 0.29) is 18.0 Å². The van der Waals surface area contributed by atoms with Crippen molar-refractivity contribution < 1.29 is 4.79 Å². The van der Waals surface area contributed by atoms with Crippen molar-refractivity contribution in [3.8, 4) is 0 Å². The molecule has 0 aliphatic rings. The Morgan fingerprint density at radius 2 is 1.84 bits per heavy atom. The van der Waals surface area contributed by atoms with Crippen LogP contribution >= 0.6 is 0 Å². The average Bonchev–Trinajstić information content (AvgIpc) is 2.26. The largest absolute Gasteiger partial charge is 0.354 e. The number of likely N-dealkylation sites (N-methyl/N-ethyl adjacent to an activating group) is 2. The van der Waals surface area contributed by atoms with Crippen molar-refractivity contribution in [2.24, 2.45) is 5.73 Å². The van der Waals surface area contributed by atoms with Crippen molar-refractivity contribution in [2.45, 2.75) is 52.2 Å². The van der Waals surface area contributed by atoms with Crippen molar-refractivity contribution in [3.05, 3.63) is 0 Å². The fourth-order valence-electron chi connectivity index (χ4n) is 2.49. The first-order valence-corrected chi connectivity index (χ1v) is 7.21. The number of carbonyl (C=O) groups excluding carboxylic acids is 1. The third-order valence-corrected chi connectivity index (χ3v) is 3.17. The summed E-state index contributed by atoms with van der Waals surface area (Å²) in [5, 5.41) is 2.93. The molecule has 5 nitrogen and oxygen atoms in total. The number of rotatable bonds is 9. The Kier molecular flexibility index (Phi) is 8.97. The first-order valence-electron chi connectivity index (χ1n) is 7.21. The van der Waals surface area contributed by atoms with Gasteiger partial charge in [-0.2, -0.15) is 0 Å². The number of hydrogen-bond acceptors (Lipinski definition) is 4. The number of nitrogens with zero attached hydrogens (tertiary/aromatic N) is 2. The van der Waals surface area contributed by atoms with Gasteiger partial charge in [0.1, 0.15) is 0 Å². The van der Waals surface area contributed by atoms with Gasteiger partial charge < -0.3 is 16.0 Å². The molecular formula is C14H32N4O. The monoisotopic (exact) mass is 272 g/mol. The molecule has 0 radical (unpaired) electrons. The summed E-state index contributed by atoms with van der Waals surface area (Å²) >= 11 is 0. The molecular weight excluding hydrogens is 240 g/mol. The Bertz CT molecular complexity index is 256. The van der Waals surface area contributed by atoms with E-state index in [1.165, 1.54) is 0 Å². The molecule has 0 saturated carbocycles. The lowest BCUT2D eigenvalue weighted by molar-refractivity contribution is -0.123. The Balaban J connectivity index is 4.55. The predicted molar refractivity (Wildman–Crippen MR) is 81.1 cm³/mol. The molecule has 0 spiro atoms. The van der Waals surface area contributed by atoms with E-state index in [0.717, 1.165) is 13.1 Å². The fraction of sp³-hybridized carbons (Fsp3) is 0.929. The van der Waals surface area contributed by atoms with E-state index in [4.69, 9.17) is 5.73 Å². The van der Waals surface area contributed by atoms with Crippen LogP contribution in [-0.2, 0) is 4.79 Å². The summed E-state index contributed by atoms with van der Waals surface area (Å²) in [4.78, 5) is 16.4. The maximum absolute atomic E-state index is 11.9. The highest BCUT2D eigenvalue weighted by molar-refractivity contribution is 5.76. The molecule has 0 aromatic carbocycles. The van der Waals surface area contributed by atoms with Gasteiger partial charge >= 0.3 is 0 Å². The second kappa shape index (κ2) is 9.28. The molecule has 0 saturated heterocycles. The van der Waals surface area contributed by atoms with Crippen LogP contribution in [0.2, 0.25) is 0 Å². The van der Waals surface area contributed by atoms with Gasteiger partial charge in [0.25, 0.3) is 0 Å². The lowest BCUT2D eigenvalue weighted by Gasteiger charge is -2.36. The molecule has 0 aromatic rings. The SMILES string of the molecule is CCN(C(C)CN(C)C)C(CN)CC(=O)NC(C)C. The van der Waals surface area contributed by atoms with E-state index in [1.807, 2.05) is 13.8 Å². The number of nitrogens with one attached hydrogen (secondary N) is 1. The summed E-state index contributed by atoms with van der Waals surface area (Å²) < 4.78 is 0. The van der Waals surface area contributed by atoms with E-state index >= 15 is 0 Å². The van der Waals surface area contributed by atoms with Gasteiger partial charge in [0.05, 0.1) is 0 Å². The number of nitrogens with two attached hydrogens (primary N) is 1. The molecule has 0 aliphatic heterocycles. The molecule has 0 aromatic heterocycles. The summed E-state index contributed by atoms with van der Waals surface area (Å²) in [6.07, 6.45) is 0.473. The normalized spacial score (nSPS) is 15.1. The standard InChI is InChI=1S/C14H32N4O/c1-7-18(12(4)10-17(5)6)13(9-15)8-14(19)16-11(2)3/h11-13H,7-10,15H2,1-6H3,(H,16,19). The molecule has 0 rings (SSSR count). The molecule has 5 heteroatoms. The highest BCUT2D eigenvalue weighted by Crippen LogP contribution is 2.09.